The summed E-state index contributed by atoms with van der Waals surface area (Å²) in [5.41, 5.74) is -1.79. The number of alkyl halides is 4. The molecule has 6 heteroatoms. The van der Waals surface area contributed by atoms with Crippen molar-refractivity contribution >= 4 is 0 Å². The van der Waals surface area contributed by atoms with Crippen molar-refractivity contribution in [1.29, 1.82) is 0 Å². The van der Waals surface area contributed by atoms with E-state index in [0.29, 0.717) is 0 Å². The van der Waals surface area contributed by atoms with Crippen molar-refractivity contribution in [2.24, 2.45) is 5.92 Å². The molecule has 1 aromatic rings. The van der Waals surface area contributed by atoms with Crippen LogP contribution in [-0.2, 0) is 11.5 Å². The number of rotatable bonds is 1. The number of aromatic nitrogens is 2. The van der Waals surface area contributed by atoms with E-state index >= 15 is 0 Å². The number of halogens is 4. The average Bonchev–Trinajstić information content (AvgIpc) is 2.59. The first kappa shape index (κ1) is 12.5. The number of fused-ring (bicyclic) bond motifs is 3. The van der Waals surface area contributed by atoms with Gasteiger partial charge in [0.25, 0.3) is 6.43 Å². The van der Waals surface area contributed by atoms with Crippen LogP contribution in [0.1, 0.15) is 50.1 Å². The van der Waals surface area contributed by atoms with Crippen LogP contribution in [0.5, 0.6) is 0 Å². The second kappa shape index (κ2) is 3.33. The predicted octanol–water partition coefficient (Wildman–Crippen LogP) is 3.40. The van der Waals surface area contributed by atoms with Crippen molar-refractivity contribution in [2.45, 2.75) is 44.6 Å². The van der Waals surface area contributed by atoms with Crippen molar-refractivity contribution in [2.75, 3.05) is 0 Å². The van der Waals surface area contributed by atoms with Crippen LogP contribution in [0.4, 0.5) is 17.6 Å². The summed E-state index contributed by atoms with van der Waals surface area (Å²) in [4.78, 5) is 0. The molecule has 0 radical (unpaired) electrons. The molecule has 0 saturated carbocycles. The summed E-state index contributed by atoms with van der Waals surface area (Å²) >= 11 is 0. The molecule has 1 heterocycles. The van der Waals surface area contributed by atoms with Crippen molar-refractivity contribution in [1.82, 2.24) is 9.78 Å². The van der Waals surface area contributed by atoms with E-state index in [0.717, 1.165) is 4.68 Å². The first-order chi connectivity index (χ1) is 8.65. The fourth-order valence-electron chi connectivity index (χ4n) is 2.66. The van der Waals surface area contributed by atoms with Crippen molar-refractivity contribution < 1.29 is 17.6 Å². The van der Waals surface area contributed by atoms with E-state index in [2.05, 4.69) is 16.9 Å². The Morgan fingerprint density at radius 3 is 2.32 bits per heavy atom. The van der Waals surface area contributed by atoms with Gasteiger partial charge in [-0.3, -0.25) is 4.68 Å². The molecule has 2 atom stereocenters. The number of hydrogen-bond donors (Lipinski definition) is 0. The first-order valence-corrected chi connectivity index (χ1v) is 5.96. The minimum Gasteiger partial charge on any atom is -0.257 e. The van der Waals surface area contributed by atoms with Gasteiger partial charge in [-0.15, -0.1) is 0 Å². The van der Waals surface area contributed by atoms with E-state index in [1.54, 1.807) is 20.8 Å². The van der Waals surface area contributed by atoms with Crippen LogP contribution in [0.2, 0.25) is 0 Å². The van der Waals surface area contributed by atoms with Crippen molar-refractivity contribution in [3.05, 3.63) is 17.0 Å². The molecule has 1 aromatic heterocycles. The molecule has 2 aliphatic rings. The van der Waals surface area contributed by atoms with Gasteiger partial charge in [-0.1, -0.05) is 11.8 Å². The molecule has 0 aromatic carbocycles. The zero-order valence-corrected chi connectivity index (χ0v) is 10.6. The Balaban J connectivity index is 2.30. The van der Waals surface area contributed by atoms with Gasteiger partial charge in [0.2, 0.25) is 0 Å². The van der Waals surface area contributed by atoms with E-state index in [1.807, 2.05) is 0 Å². The van der Waals surface area contributed by atoms with Crippen LogP contribution in [0.3, 0.4) is 0 Å². The van der Waals surface area contributed by atoms with Crippen molar-refractivity contribution in [3.8, 4) is 11.8 Å². The molecule has 0 bridgehead atoms. The smallest absolute Gasteiger partial charge is 0.257 e. The lowest BCUT2D eigenvalue weighted by Crippen LogP contribution is -2.33. The highest BCUT2D eigenvalue weighted by Crippen LogP contribution is 2.57. The van der Waals surface area contributed by atoms with E-state index in [4.69, 9.17) is 0 Å². The van der Waals surface area contributed by atoms with Gasteiger partial charge >= 0.3 is 5.92 Å². The maximum Gasteiger partial charge on any atom is 0.304 e. The Kier molecular flexibility index (Phi) is 2.19. The maximum atomic E-state index is 14.3. The summed E-state index contributed by atoms with van der Waals surface area (Å²) in [6.45, 7) is 4.98. The molecule has 0 saturated heterocycles. The lowest BCUT2D eigenvalue weighted by Gasteiger charge is -2.27. The molecular formula is C13H12F4N2. The standard InChI is InChI=1S/C13H12F4N2/c1-12(2,3)19-10-8(9(18-19)11(14)15)6-4-5-7(6)13(10,16)17/h6-7,11H,1-3H3. The quantitative estimate of drug-likeness (QED) is 0.566. The highest BCUT2D eigenvalue weighted by Gasteiger charge is 2.61. The van der Waals surface area contributed by atoms with Gasteiger partial charge in [-0.2, -0.15) is 13.9 Å². The third kappa shape index (κ3) is 1.41. The van der Waals surface area contributed by atoms with Crippen LogP contribution in [-0.4, -0.2) is 9.78 Å². The SMILES string of the molecule is CC(C)(C)n1nc(C(F)F)c2c1C(F)(F)C1C#CC21. The van der Waals surface area contributed by atoms with E-state index < -0.39 is 41.1 Å². The minimum atomic E-state index is -3.21. The zero-order chi connectivity index (χ0) is 14.2. The van der Waals surface area contributed by atoms with Crippen LogP contribution >= 0.6 is 0 Å². The summed E-state index contributed by atoms with van der Waals surface area (Å²) in [5, 5.41) is 3.74. The molecule has 0 spiro atoms. The van der Waals surface area contributed by atoms with E-state index in [1.165, 1.54) is 0 Å². The molecule has 0 N–H and O–H groups in total. The second-order valence-corrected chi connectivity index (χ2v) is 5.90. The third-order valence-corrected chi connectivity index (χ3v) is 3.54. The zero-order valence-electron chi connectivity index (χ0n) is 10.6. The molecule has 2 aliphatic carbocycles. The summed E-state index contributed by atoms with van der Waals surface area (Å²) in [5.74, 6) is -0.233. The third-order valence-electron chi connectivity index (χ3n) is 3.54. The molecular weight excluding hydrogens is 260 g/mol. The van der Waals surface area contributed by atoms with Gasteiger partial charge in [0.15, 0.2) is 0 Å². The summed E-state index contributed by atoms with van der Waals surface area (Å²) < 4.78 is 55.7. The average molecular weight is 272 g/mol. The molecule has 3 rings (SSSR count). The Morgan fingerprint density at radius 1 is 1.26 bits per heavy atom. The Hall–Kier alpha value is -1.51. The summed E-state index contributed by atoms with van der Waals surface area (Å²) in [6.07, 6.45) is -2.87. The molecule has 19 heavy (non-hydrogen) atoms. The summed E-state index contributed by atoms with van der Waals surface area (Å²) in [6, 6.07) is 0. The highest BCUT2D eigenvalue weighted by atomic mass is 19.3. The van der Waals surface area contributed by atoms with E-state index in [-0.39, 0.29) is 5.56 Å². The Morgan fingerprint density at radius 2 is 1.89 bits per heavy atom. The van der Waals surface area contributed by atoms with Crippen LogP contribution in [0, 0.1) is 17.8 Å². The Bertz CT molecular complexity index is 613. The van der Waals surface area contributed by atoms with Gasteiger partial charge in [-0.25, -0.2) is 8.78 Å². The lowest BCUT2D eigenvalue weighted by atomic mass is 9.84. The largest absolute Gasteiger partial charge is 0.304 e. The topological polar surface area (TPSA) is 17.8 Å². The fourth-order valence-corrected chi connectivity index (χ4v) is 2.66. The molecule has 0 fully saturated rings. The van der Waals surface area contributed by atoms with Crippen LogP contribution in [0.25, 0.3) is 0 Å². The monoisotopic (exact) mass is 272 g/mol. The van der Waals surface area contributed by atoms with E-state index in [9.17, 15) is 17.6 Å². The van der Waals surface area contributed by atoms with Crippen LogP contribution < -0.4 is 0 Å². The van der Waals surface area contributed by atoms with Gasteiger partial charge in [-0.05, 0) is 20.8 Å². The molecule has 2 nitrogen and oxygen atoms in total. The number of nitrogens with zero attached hydrogens (tertiary/aromatic N) is 2. The first-order valence-electron chi connectivity index (χ1n) is 5.96. The van der Waals surface area contributed by atoms with Gasteiger partial charge in [0.1, 0.15) is 17.3 Å². The fraction of sp³-hybridized carbons (Fsp3) is 0.615. The Labute approximate surface area is 107 Å². The number of hydrogen-bond acceptors (Lipinski definition) is 1. The molecule has 2 unspecified atom stereocenters. The molecule has 0 aliphatic heterocycles. The normalized spacial score (nSPS) is 26.5. The highest BCUT2D eigenvalue weighted by molar-refractivity contribution is 5.53. The predicted molar refractivity (Wildman–Crippen MR) is 60.1 cm³/mol. The maximum absolute atomic E-state index is 14.3. The van der Waals surface area contributed by atoms with Gasteiger partial charge in [0, 0.05) is 5.56 Å². The minimum absolute atomic E-state index is 0.0568. The van der Waals surface area contributed by atoms with Crippen molar-refractivity contribution in [3.63, 3.8) is 0 Å². The van der Waals surface area contributed by atoms with Crippen LogP contribution in [0.15, 0.2) is 0 Å². The molecule has 102 valence electrons. The second-order valence-electron chi connectivity index (χ2n) is 5.90. The summed E-state index contributed by atoms with van der Waals surface area (Å²) in [7, 11) is 0. The van der Waals surface area contributed by atoms with Gasteiger partial charge < -0.3 is 0 Å². The van der Waals surface area contributed by atoms with Gasteiger partial charge in [0.05, 0.1) is 11.5 Å². The lowest BCUT2D eigenvalue weighted by molar-refractivity contribution is -0.0480. The molecule has 0 amide bonds.